The zero-order valence-electron chi connectivity index (χ0n) is 13.7. The molecule has 1 fully saturated rings. The van der Waals surface area contributed by atoms with Gasteiger partial charge in [0.15, 0.2) is 0 Å². The molecule has 1 saturated heterocycles. The van der Waals surface area contributed by atoms with Gasteiger partial charge < -0.3 is 10.2 Å². The van der Waals surface area contributed by atoms with Crippen molar-refractivity contribution in [1.82, 2.24) is 20.1 Å². The van der Waals surface area contributed by atoms with E-state index in [9.17, 15) is 9.59 Å². The summed E-state index contributed by atoms with van der Waals surface area (Å²) in [6, 6.07) is 3.57. The molecule has 0 spiro atoms. The van der Waals surface area contributed by atoms with E-state index < -0.39 is 0 Å². The van der Waals surface area contributed by atoms with Gasteiger partial charge in [-0.2, -0.15) is 0 Å². The number of carbonyl (C=O) groups is 2. The van der Waals surface area contributed by atoms with E-state index in [1.807, 2.05) is 13.0 Å². The van der Waals surface area contributed by atoms with Gasteiger partial charge in [0.05, 0.1) is 5.56 Å². The van der Waals surface area contributed by atoms with Crippen molar-refractivity contribution in [3.05, 3.63) is 29.6 Å². The summed E-state index contributed by atoms with van der Waals surface area (Å²) in [5.74, 6) is -0.113. The highest BCUT2D eigenvalue weighted by molar-refractivity contribution is 5.94. The van der Waals surface area contributed by atoms with E-state index in [-0.39, 0.29) is 23.9 Å². The Morgan fingerprint density at radius 1 is 1.32 bits per heavy atom. The molecule has 120 valence electrons. The van der Waals surface area contributed by atoms with Crippen molar-refractivity contribution >= 4 is 11.8 Å². The van der Waals surface area contributed by atoms with E-state index in [0.29, 0.717) is 25.2 Å². The van der Waals surface area contributed by atoms with Gasteiger partial charge in [-0.05, 0) is 32.9 Å². The molecular formula is C16H24N4O2. The quantitative estimate of drug-likeness (QED) is 0.891. The van der Waals surface area contributed by atoms with E-state index in [4.69, 9.17) is 0 Å². The highest BCUT2D eigenvalue weighted by Crippen LogP contribution is 2.16. The average molecular weight is 304 g/mol. The SMILES string of the molecule is CNC(=O)C1CN(C(=O)c2ccc(C)nc2)CCN1C(C)C. The number of amides is 2. The minimum Gasteiger partial charge on any atom is -0.358 e. The molecule has 0 bridgehead atoms. The fourth-order valence-electron chi connectivity index (χ4n) is 2.78. The Bertz CT molecular complexity index is 542. The van der Waals surface area contributed by atoms with Crippen LogP contribution in [0.5, 0.6) is 0 Å². The lowest BCUT2D eigenvalue weighted by molar-refractivity contribution is -0.128. The molecule has 0 radical (unpaired) electrons. The van der Waals surface area contributed by atoms with Gasteiger partial charge in [-0.3, -0.25) is 19.5 Å². The molecule has 1 aliphatic rings. The first-order chi connectivity index (χ1) is 10.4. The van der Waals surface area contributed by atoms with E-state index in [0.717, 1.165) is 5.69 Å². The molecule has 1 unspecified atom stereocenters. The number of nitrogens with zero attached hydrogens (tertiary/aromatic N) is 3. The third-order valence-electron chi connectivity index (χ3n) is 4.08. The average Bonchev–Trinajstić information content (AvgIpc) is 2.53. The van der Waals surface area contributed by atoms with Crippen LogP contribution in [0.3, 0.4) is 0 Å². The van der Waals surface area contributed by atoms with Crippen molar-refractivity contribution in [2.75, 3.05) is 26.7 Å². The largest absolute Gasteiger partial charge is 0.358 e. The molecule has 1 aliphatic heterocycles. The molecular weight excluding hydrogens is 280 g/mol. The lowest BCUT2D eigenvalue weighted by Gasteiger charge is -2.42. The minimum atomic E-state index is -0.305. The zero-order valence-corrected chi connectivity index (χ0v) is 13.7. The van der Waals surface area contributed by atoms with Crippen LogP contribution in [-0.2, 0) is 4.79 Å². The number of hydrogen-bond donors (Lipinski definition) is 1. The Balaban J connectivity index is 2.15. The first-order valence-corrected chi connectivity index (χ1v) is 7.63. The lowest BCUT2D eigenvalue weighted by atomic mass is 10.1. The topological polar surface area (TPSA) is 65.5 Å². The number of nitrogens with one attached hydrogen (secondary N) is 1. The summed E-state index contributed by atoms with van der Waals surface area (Å²) in [6.07, 6.45) is 1.60. The van der Waals surface area contributed by atoms with E-state index >= 15 is 0 Å². The highest BCUT2D eigenvalue weighted by atomic mass is 16.2. The Hall–Kier alpha value is -1.95. The van der Waals surface area contributed by atoms with Crippen LogP contribution in [0.15, 0.2) is 18.3 Å². The molecule has 1 aromatic heterocycles. The number of aryl methyl sites for hydroxylation is 1. The molecule has 2 heterocycles. The van der Waals surface area contributed by atoms with Gasteiger partial charge in [0, 0.05) is 44.6 Å². The van der Waals surface area contributed by atoms with Crippen LogP contribution < -0.4 is 5.32 Å². The third-order valence-corrected chi connectivity index (χ3v) is 4.08. The van der Waals surface area contributed by atoms with Gasteiger partial charge in [-0.25, -0.2) is 0 Å². The number of aromatic nitrogens is 1. The molecule has 2 rings (SSSR count). The maximum atomic E-state index is 12.6. The summed E-state index contributed by atoms with van der Waals surface area (Å²) in [5, 5.41) is 2.70. The van der Waals surface area contributed by atoms with Gasteiger partial charge in [-0.15, -0.1) is 0 Å². The van der Waals surface area contributed by atoms with Crippen LogP contribution in [0, 0.1) is 6.92 Å². The smallest absolute Gasteiger partial charge is 0.255 e. The van der Waals surface area contributed by atoms with Crippen LogP contribution in [0.25, 0.3) is 0 Å². The molecule has 6 heteroatoms. The number of rotatable bonds is 3. The van der Waals surface area contributed by atoms with Crippen LogP contribution in [-0.4, -0.2) is 65.4 Å². The Morgan fingerprint density at radius 3 is 2.59 bits per heavy atom. The third kappa shape index (κ3) is 3.44. The molecule has 0 aliphatic carbocycles. The molecule has 6 nitrogen and oxygen atoms in total. The summed E-state index contributed by atoms with van der Waals surface area (Å²) in [7, 11) is 1.63. The standard InChI is InChI=1S/C16H24N4O2/c1-11(2)20-8-7-19(10-14(20)15(21)17-4)16(22)13-6-5-12(3)18-9-13/h5-6,9,11,14H,7-8,10H2,1-4H3,(H,17,21). The van der Waals surface area contributed by atoms with Crippen LogP contribution >= 0.6 is 0 Å². The molecule has 1 atom stereocenters. The number of likely N-dealkylation sites (N-methyl/N-ethyl adjacent to an activating group) is 1. The van der Waals surface area contributed by atoms with Crippen LogP contribution in [0.4, 0.5) is 0 Å². The number of hydrogen-bond acceptors (Lipinski definition) is 4. The van der Waals surface area contributed by atoms with E-state index in [2.05, 4.69) is 29.0 Å². The molecule has 0 aromatic carbocycles. The Labute approximate surface area is 131 Å². The van der Waals surface area contributed by atoms with Crippen LogP contribution in [0.1, 0.15) is 29.9 Å². The fourth-order valence-corrected chi connectivity index (χ4v) is 2.78. The number of piperazine rings is 1. The van der Waals surface area contributed by atoms with Gasteiger partial charge >= 0.3 is 0 Å². The van der Waals surface area contributed by atoms with Gasteiger partial charge in [0.25, 0.3) is 5.91 Å². The first-order valence-electron chi connectivity index (χ1n) is 7.63. The van der Waals surface area contributed by atoms with Crippen LogP contribution in [0.2, 0.25) is 0 Å². The summed E-state index contributed by atoms with van der Waals surface area (Å²) in [6.45, 7) is 7.75. The van der Waals surface area contributed by atoms with Crippen molar-refractivity contribution < 1.29 is 9.59 Å². The van der Waals surface area contributed by atoms with E-state index in [1.165, 1.54) is 0 Å². The number of pyridine rings is 1. The van der Waals surface area contributed by atoms with Crippen molar-refractivity contribution in [3.8, 4) is 0 Å². The summed E-state index contributed by atoms with van der Waals surface area (Å²) in [5.41, 5.74) is 1.45. The van der Waals surface area contributed by atoms with Crippen molar-refractivity contribution in [2.45, 2.75) is 32.9 Å². The maximum absolute atomic E-state index is 12.6. The summed E-state index contributed by atoms with van der Waals surface area (Å²) in [4.78, 5) is 32.8. The Kier molecular flexibility index (Phi) is 5.13. The maximum Gasteiger partial charge on any atom is 0.255 e. The van der Waals surface area contributed by atoms with E-state index in [1.54, 1.807) is 24.2 Å². The molecule has 0 saturated carbocycles. The summed E-state index contributed by atoms with van der Waals surface area (Å²) >= 11 is 0. The molecule has 22 heavy (non-hydrogen) atoms. The predicted octanol–water partition coefficient (Wildman–Crippen LogP) is 0.671. The molecule has 1 aromatic rings. The molecule has 1 N–H and O–H groups in total. The highest BCUT2D eigenvalue weighted by Gasteiger charge is 2.35. The summed E-state index contributed by atoms with van der Waals surface area (Å²) < 4.78 is 0. The van der Waals surface area contributed by atoms with Gasteiger partial charge in [-0.1, -0.05) is 0 Å². The van der Waals surface area contributed by atoms with Crippen molar-refractivity contribution in [3.63, 3.8) is 0 Å². The normalized spacial score (nSPS) is 19.3. The fraction of sp³-hybridized carbons (Fsp3) is 0.562. The molecule has 2 amide bonds. The van der Waals surface area contributed by atoms with Gasteiger partial charge in [0.1, 0.15) is 6.04 Å². The van der Waals surface area contributed by atoms with Gasteiger partial charge in [0.2, 0.25) is 5.91 Å². The minimum absolute atomic E-state index is 0.0479. The second-order valence-corrected chi connectivity index (χ2v) is 5.90. The Morgan fingerprint density at radius 2 is 2.05 bits per heavy atom. The zero-order chi connectivity index (χ0) is 16.3. The predicted molar refractivity (Wildman–Crippen MR) is 84.6 cm³/mol. The number of carbonyl (C=O) groups excluding carboxylic acids is 2. The van der Waals surface area contributed by atoms with Crippen molar-refractivity contribution in [1.29, 1.82) is 0 Å². The second-order valence-electron chi connectivity index (χ2n) is 5.90. The lowest BCUT2D eigenvalue weighted by Crippen LogP contribution is -2.61. The second kappa shape index (κ2) is 6.87. The van der Waals surface area contributed by atoms with Crippen molar-refractivity contribution in [2.24, 2.45) is 0 Å². The first kappa shape index (κ1) is 16.4. The monoisotopic (exact) mass is 304 g/mol.